The van der Waals surface area contributed by atoms with Gasteiger partial charge in [0.25, 0.3) is 5.69 Å². The second kappa shape index (κ2) is 8.83. The molecule has 1 aromatic carbocycles. The summed E-state index contributed by atoms with van der Waals surface area (Å²) in [5.41, 5.74) is 5.69. The van der Waals surface area contributed by atoms with E-state index in [4.69, 9.17) is 10.5 Å². The van der Waals surface area contributed by atoms with Gasteiger partial charge >= 0.3 is 0 Å². The standard InChI is InChI=1S/C22H21N3O6/c1-2-3-4-5-6-14-18(26)20(28)17-16(12-7-9-13(10-8-12)25(29)30)15(11-23)22(24)31-21(17)19(14)27/h7-10,16,26H,2-6,24H2,1H3. The lowest BCUT2D eigenvalue weighted by Crippen LogP contribution is -2.33. The Balaban J connectivity index is 2.05. The zero-order chi connectivity index (χ0) is 22.7. The number of Topliss-reactive ketones (excluding diaryl/α,β-unsaturated/α-hetero) is 2. The van der Waals surface area contributed by atoms with Crippen molar-refractivity contribution in [2.45, 2.75) is 44.9 Å². The van der Waals surface area contributed by atoms with Crippen molar-refractivity contribution in [2.24, 2.45) is 5.73 Å². The minimum atomic E-state index is -1.09. The van der Waals surface area contributed by atoms with Crippen LogP contribution in [0.2, 0.25) is 0 Å². The number of hydrogen-bond acceptors (Lipinski definition) is 8. The van der Waals surface area contributed by atoms with E-state index in [1.807, 2.05) is 13.0 Å². The number of non-ortho nitro benzene ring substituents is 1. The van der Waals surface area contributed by atoms with Crippen LogP contribution in [0.1, 0.15) is 50.5 Å². The predicted molar refractivity (Wildman–Crippen MR) is 109 cm³/mol. The molecular weight excluding hydrogens is 402 g/mol. The van der Waals surface area contributed by atoms with Crippen LogP contribution in [0, 0.1) is 21.4 Å². The summed E-state index contributed by atoms with van der Waals surface area (Å²) in [6, 6.07) is 7.08. The van der Waals surface area contributed by atoms with Crippen LogP contribution in [0.15, 0.2) is 58.4 Å². The Kier molecular flexibility index (Phi) is 6.20. The largest absolute Gasteiger partial charge is 0.504 e. The molecule has 9 nitrogen and oxygen atoms in total. The topological polar surface area (TPSA) is 157 Å². The molecule has 1 atom stereocenters. The highest BCUT2D eigenvalue weighted by atomic mass is 16.6. The highest BCUT2D eigenvalue weighted by Crippen LogP contribution is 2.44. The number of nitrogens with zero attached hydrogens (tertiary/aromatic N) is 2. The number of ether oxygens (including phenoxy) is 1. The Morgan fingerprint density at radius 1 is 1.19 bits per heavy atom. The molecule has 0 fully saturated rings. The van der Waals surface area contributed by atoms with E-state index >= 15 is 0 Å². The van der Waals surface area contributed by atoms with E-state index in [1.165, 1.54) is 24.3 Å². The Morgan fingerprint density at radius 2 is 1.87 bits per heavy atom. The normalized spacial score (nSPS) is 18.6. The van der Waals surface area contributed by atoms with Gasteiger partial charge in [0, 0.05) is 17.7 Å². The van der Waals surface area contributed by atoms with Crippen LogP contribution in [-0.4, -0.2) is 21.6 Å². The number of benzene rings is 1. The van der Waals surface area contributed by atoms with Crippen LogP contribution in [0.5, 0.6) is 0 Å². The highest BCUT2D eigenvalue weighted by Gasteiger charge is 2.45. The first-order chi connectivity index (χ1) is 14.8. The minimum absolute atomic E-state index is 0.0319. The number of carbonyl (C=O) groups is 2. The molecule has 3 N–H and O–H groups in total. The molecule has 160 valence electrons. The van der Waals surface area contributed by atoms with Crippen LogP contribution in [-0.2, 0) is 14.3 Å². The molecular formula is C22H21N3O6. The molecule has 1 unspecified atom stereocenters. The Labute approximate surface area is 178 Å². The minimum Gasteiger partial charge on any atom is -0.504 e. The highest BCUT2D eigenvalue weighted by molar-refractivity contribution is 6.24. The lowest BCUT2D eigenvalue weighted by atomic mass is 9.76. The lowest BCUT2D eigenvalue weighted by molar-refractivity contribution is -0.384. The van der Waals surface area contributed by atoms with Crippen LogP contribution < -0.4 is 5.73 Å². The molecule has 9 heteroatoms. The summed E-state index contributed by atoms with van der Waals surface area (Å²) in [5, 5.41) is 31.1. The van der Waals surface area contributed by atoms with Gasteiger partial charge in [-0.05, 0) is 18.4 Å². The fourth-order valence-corrected chi connectivity index (χ4v) is 3.75. The molecule has 0 aromatic heterocycles. The number of ketones is 2. The van der Waals surface area contributed by atoms with E-state index < -0.39 is 28.2 Å². The number of aliphatic hydroxyl groups is 1. The molecule has 1 aromatic rings. The third-order valence-corrected chi connectivity index (χ3v) is 5.36. The van der Waals surface area contributed by atoms with Crippen LogP contribution in [0.4, 0.5) is 5.69 Å². The monoisotopic (exact) mass is 423 g/mol. The number of carbonyl (C=O) groups excluding carboxylic acids is 2. The zero-order valence-electron chi connectivity index (χ0n) is 16.9. The number of nitrogens with two attached hydrogens (primary N) is 1. The molecule has 3 rings (SSSR count). The molecule has 0 spiro atoms. The maximum absolute atomic E-state index is 13.1. The lowest BCUT2D eigenvalue weighted by Gasteiger charge is -2.30. The van der Waals surface area contributed by atoms with Crippen LogP contribution >= 0.6 is 0 Å². The zero-order valence-corrected chi connectivity index (χ0v) is 16.9. The van der Waals surface area contributed by atoms with Crippen molar-refractivity contribution in [3.8, 4) is 6.07 Å². The van der Waals surface area contributed by atoms with Gasteiger partial charge in [0.1, 0.15) is 11.6 Å². The molecule has 2 aliphatic rings. The second-order valence-corrected chi connectivity index (χ2v) is 7.31. The van der Waals surface area contributed by atoms with Gasteiger partial charge in [0.05, 0.1) is 16.4 Å². The summed E-state index contributed by atoms with van der Waals surface area (Å²) in [5.74, 6) is -3.84. The van der Waals surface area contributed by atoms with Gasteiger partial charge in [-0.3, -0.25) is 19.7 Å². The Morgan fingerprint density at radius 3 is 2.45 bits per heavy atom. The van der Waals surface area contributed by atoms with Crippen LogP contribution in [0.3, 0.4) is 0 Å². The number of nitro benzene ring substituents is 1. The van der Waals surface area contributed by atoms with Crippen molar-refractivity contribution >= 4 is 17.3 Å². The summed E-state index contributed by atoms with van der Waals surface area (Å²) < 4.78 is 5.39. The van der Waals surface area contributed by atoms with Gasteiger partial charge < -0.3 is 15.6 Å². The first-order valence-corrected chi connectivity index (χ1v) is 9.89. The van der Waals surface area contributed by atoms with E-state index in [9.17, 15) is 30.1 Å². The van der Waals surface area contributed by atoms with Gasteiger partial charge in [-0.2, -0.15) is 5.26 Å². The number of nitro groups is 1. The van der Waals surface area contributed by atoms with E-state index in [0.717, 1.165) is 19.3 Å². The summed E-state index contributed by atoms with van der Waals surface area (Å²) in [6.07, 6.45) is 3.63. The van der Waals surface area contributed by atoms with Gasteiger partial charge in [-0.15, -0.1) is 0 Å². The maximum Gasteiger partial charge on any atom is 0.269 e. The van der Waals surface area contributed by atoms with Crippen molar-refractivity contribution in [1.29, 1.82) is 5.26 Å². The molecule has 0 saturated heterocycles. The van der Waals surface area contributed by atoms with Crippen molar-refractivity contribution < 1.29 is 24.4 Å². The van der Waals surface area contributed by atoms with Gasteiger partial charge in [0.2, 0.25) is 17.4 Å². The van der Waals surface area contributed by atoms with Crippen molar-refractivity contribution in [1.82, 2.24) is 0 Å². The molecule has 1 heterocycles. The molecule has 0 amide bonds. The quantitative estimate of drug-likeness (QED) is 0.291. The van der Waals surface area contributed by atoms with Gasteiger partial charge in [-0.1, -0.05) is 38.3 Å². The van der Waals surface area contributed by atoms with Gasteiger partial charge in [-0.25, -0.2) is 0 Å². The average Bonchev–Trinajstić information content (AvgIpc) is 2.76. The van der Waals surface area contributed by atoms with Crippen molar-refractivity contribution in [2.75, 3.05) is 0 Å². The van der Waals surface area contributed by atoms with E-state index in [1.54, 1.807) is 0 Å². The number of rotatable bonds is 7. The van der Waals surface area contributed by atoms with E-state index in [-0.39, 0.29) is 40.5 Å². The summed E-state index contributed by atoms with van der Waals surface area (Å²) in [7, 11) is 0. The number of nitriles is 1. The molecule has 0 radical (unpaired) electrons. The number of aliphatic hydroxyl groups excluding tert-OH is 1. The summed E-state index contributed by atoms with van der Waals surface area (Å²) in [6.45, 7) is 2.04. The van der Waals surface area contributed by atoms with Crippen molar-refractivity contribution in [3.05, 3.63) is 74.1 Å². The molecule has 0 bridgehead atoms. The summed E-state index contributed by atoms with van der Waals surface area (Å²) >= 11 is 0. The molecule has 1 aliphatic carbocycles. The molecule has 0 saturated carbocycles. The third-order valence-electron chi connectivity index (χ3n) is 5.36. The molecule has 31 heavy (non-hydrogen) atoms. The number of hydrogen-bond donors (Lipinski definition) is 2. The number of unbranched alkanes of at least 4 members (excludes halogenated alkanes) is 3. The SMILES string of the molecule is CCCCCCC1=C(O)C(=O)C2=C(OC(N)=C(C#N)C2c2ccc([N+](=O)[O-])cc2)C1=O. The predicted octanol–water partition coefficient (Wildman–Crippen LogP) is 3.59. The maximum atomic E-state index is 13.1. The summed E-state index contributed by atoms with van der Waals surface area (Å²) in [4.78, 5) is 36.5. The fourth-order valence-electron chi connectivity index (χ4n) is 3.75. The number of allylic oxidation sites excluding steroid dienone is 3. The third kappa shape index (κ3) is 3.92. The smallest absolute Gasteiger partial charge is 0.269 e. The van der Waals surface area contributed by atoms with Gasteiger partial charge in [0.15, 0.2) is 11.5 Å². The molecule has 1 aliphatic heterocycles. The van der Waals surface area contributed by atoms with Crippen LogP contribution in [0.25, 0.3) is 0 Å². The first-order valence-electron chi connectivity index (χ1n) is 9.89. The first kappa shape index (κ1) is 21.8. The van der Waals surface area contributed by atoms with Crippen molar-refractivity contribution in [3.63, 3.8) is 0 Å². The second-order valence-electron chi connectivity index (χ2n) is 7.31. The average molecular weight is 423 g/mol. The van der Waals surface area contributed by atoms with E-state index in [0.29, 0.717) is 12.0 Å². The van der Waals surface area contributed by atoms with E-state index in [2.05, 4.69) is 0 Å². The Hall–Kier alpha value is -3.93. The fraction of sp³-hybridized carbons (Fsp3) is 0.318. The Bertz CT molecular complexity index is 1090.